The number of alkyl halides is 1. The minimum atomic E-state index is -0.414. The quantitative estimate of drug-likeness (QED) is 0.766. The van der Waals surface area contributed by atoms with Crippen LogP contribution < -0.4 is 4.74 Å². The number of hydrogen-bond donors (Lipinski definition) is 0. The Morgan fingerprint density at radius 3 is 2.71 bits per heavy atom. The van der Waals surface area contributed by atoms with Crippen LogP contribution in [-0.4, -0.2) is 11.9 Å². The first-order valence-electron chi connectivity index (χ1n) is 4.20. The Morgan fingerprint density at radius 2 is 2.21 bits per heavy atom. The third-order valence-corrected chi connectivity index (χ3v) is 2.33. The van der Waals surface area contributed by atoms with E-state index in [1.807, 2.05) is 6.92 Å². The maximum Gasteiger partial charge on any atom is 0.166 e. The summed E-state index contributed by atoms with van der Waals surface area (Å²) in [6.45, 7) is 1.98. The zero-order valence-corrected chi connectivity index (χ0v) is 10.3. The van der Waals surface area contributed by atoms with E-state index >= 15 is 0 Å². The number of hydrogen-bond acceptors (Lipinski definition) is 1. The van der Waals surface area contributed by atoms with Crippen molar-refractivity contribution in [3.05, 3.63) is 28.5 Å². The zero-order chi connectivity index (χ0) is 10.7. The van der Waals surface area contributed by atoms with Crippen LogP contribution in [0.25, 0.3) is 0 Å². The molecule has 0 N–H and O–H groups in total. The normalized spacial score (nSPS) is 12.6. The van der Waals surface area contributed by atoms with Crippen LogP contribution >= 0.6 is 27.5 Å². The first-order chi connectivity index (χ1) is 6.54. The molecule has 4 heteroatoms. The summed E-state index contributed by atoms with van der Waals surface area (Å²) in [6.07, 6.45) is 0.681. The minimum Gasteiger partial charge on any atom is -0.493 e. The summed E-state index contributed by atoms with van der Waals surface area (Å²) in [4.78, 5) is 0.259. The number of benzene rings is 1. The highest BCUT2D eigenvalue weighted by atomic mass is 79.9. The molecule has 0 spiro atoms. The number of ether oxygens (including phenoxy) is 1. The molecule has 0 radical (unpaired) electrons. The van der Waals surface area contributed by atoms with Gasteiger partial charge in [-0.1, -0.05) is 34.5 Å². The van der Waals surface area contributed by atoms with E-state index in [0.717, 1.165) is 5.56 Å². The third-order valence-electron chi connectivity index (χ3n) is 1.79. The van der Waals surface area contributed by atoms with E-state index < -0.39 is 5.82 Å². The maximum atomic E-state index is 13.3. The van der Waals surface area contributed by atoms with Crippen molar-refractivity contribution in [2.24, 2.45) is 0 Å². The smallest absolute Gasteiger partial charge is 0.166 e. The van der Waals surface area contributed by atoms with Crippen molar-refractivity contribution in [2.75, 3.05) is 7.11 Å². The molecule has 0 aliphatic carbocycles. The van der Waals surface area contributed by atoms with Crippen molar-refractivity contribution in [1.82, 2.24) is 0 Å². The number of rotatable bonds is 3. The highest BCUT2D eigenvalue weighted by molar-refractivity contribution is 9.09. The standard InChI is InChI=1S/C10H11BrClFO/c1-6(11)3-7-4-8(12)5-9(13)10(7)14-2/h4-6H,3H2,1-2H3. The molecule has 0 amide bonds. The van der Waals surface area contributed by atoms with Crippen LogP contribution in [0, 0.1) is 5.82 Å². The Bertz CT molecular complexity index is 328. The van der Waals surface area contributed by atoms with Gasteiger partial charge in [0.2, 0.25) is 0 Å². The fourth-order valence-corrected chi connectivity index (χ4v) is 1.87. The van der Waals surface area contributed by atoms with E-state index in [1.54, 1.807) is 6.07 Å². The number of methoxy groups -OCH3 is 1. The Labute approximate surface area is 96.3 Å². The fourth-order valence-electron chi connectivity index (χ4n) is 1.30. The summed E-state index contributed by atoms with van der Waals surface area (Å²) in [5.74, 6) is -0.135. The fraction of sp³-hybridized carbons (Fsp3) is 0.400. The average molecular weight is 282 g/mol. The summed E-state index contributed by atoms with van der Waals surface area (Å²) in [6, 6.07) is 2.98. The third kappa shape index (κ3) is 2.85. The zero-order valence-electron chi connectivity index (χ0n) is 7.98. The molecule has 0 bridgehead atoms. The van der Waals surface area contributed by atoms with Gasteiger partial charge < -0.3 is 4.74 Å². The minimum absolute atomic E-state index is 0.259. The van der Waals surface area contributed by atoms with Crippen molar-refractivity contribution in [2.45, 2.75) is 18.2 Å². The van der Waals surface area contributed by atoms with Crippen molar-refractivity contribution in [3.8, 4) is 5.75 Å². The maximum absolute atomic E-state index is 13.3. The van der Waals surface area contributed by atoms with Gasteiger partial charge in [0.25, 0.3) is 0 Å². The molecule has 0 heterocycles. The average Bonchev–Trinajstić information content (AvgIpc) is 2.01. The highest BCUT2D eigenvalue weighted by Crippen LogP contribution is 2.28. The Morgan fingerprint density at radius 1 is 1.57 bits per heavy atom. The van der Waals surface area contributed by atoms with Gasteiger partial charge in [-0.2, -0.15) is 0 Å². The predicted octanol–water partition coefficient (Wildman–Crippen LogP) is 3.81. The molecule has 1 aromatic carbocycles. The lowest BCUT2D eigenvalue weighted by Gasteiger charge is -2.11. The van der Waals surface area contributed by atoms with Gasteiger partial charge in [-0.05, 0) is 24.1 Å². The molecule has 1 rings (SSSR count). The largest absolute Gasteiger partial charge is 0.493 e. The summed E-state index contributed by atoms with van der Waals surface area (Å²) in [7, 11) is 1.45. The molecule has 0 aliphatic rings. The lowest BCUT2D eigenvalue weighted by Crippen LogP contribution is -2.01. The van der Waals surface area contributed by atoms with Crippen LogP contribution in [0.3, 0.4) is 0 Å². The van der Waals surface area contributed by atoms with Gasteiger partial charge in [0.05, 0.1) is 7.11 Å². The van der Waals surface area contributed by atoms with Gasteiger partial charge in [0, 0.05) is 9.85 Å². The van der Waals surface area contributed by atoms with Crippen LogP contribution in [0.1, 0.15) is 12.5 Å². The summed E-state index contributed by atoms with van der Waals surface area (Å²) in [5.41, 5.74) is 0.780. The molecular formula is C10H11BrClFO. The molecule has 1 aromatic rings. The number of halogens is 3. The SMILES string of the molecule is COc1c(F)cc(Cl)cc1CC(C)Br. The molecule has 0 saturated heterocycles. The molecule has 1 nitrogen and oxygen atoms in total. The van der Waals surface area contributed by atoms with E-state index in [0.29, 0.717) is 11.4 Å². The van der Waals surface area contributed by atoms with Crippen molar-refractivity contribution < 1.29 is 9.13 Å². The monoisotopic (exact) mass is 280 g/mol. The molecule has 0 aromatic heterocycles. The van der Waals surface area contributed by atoms with Gasteiger partial charge in [-0.15, -0.1) is 0 Å². The Balaban J connectivity index is 3.11. The van der Waals surface area contributed by atoms with Crippen molar-refractivity contribution in [1.29, 1.82) is 0 Å². The molecular weight excluding hydrogens is 270 g/mol. The van der Waals surface area contributed by atoms with Gasteiger partial charge >= 0.3 is 0 Å². The van der Waals surface area contributed by atoms with E-state index in [1.165, 1.54) is 13.2 Å². The predicted molar refractivity (Wildman–Crippen MR) is 60.1 cm³/mol. The summed E-state index contributed by atoms with van der Waals surface area (Å²) >= 11 is 9.15. The van der Waals surface area contributed by atoms with Gasteiger partial charge in [-0.25, -0.2) is 4.39 Å². The second kappa shape index (κ2) is 4.99. The lowest BCUT2D eigenvalue weighted by atomic mass is 10.1. The van der Waals surface area contributed by atoms with Crippen LogP contribution in [0.5, 0.6) is 5.75 Å². The lowest BCUT2D eigenvalue weighted by molar-refractivity contribution is 0.381. The molecule has 0 saturated carbocycles. The van der Waals surface area contributed by atoms with Gasteiger partial charge in [0.15, 0.2) is 11.6 Å². The van der Waals surface area contributed by atoms with E-state index in [4.69, 9.17) is 16.3 Å². The summed E-state index contributed by atoms with van der Waals surface area (Å²) < 4.78 is 18.3. The van der Waals surface area contributed by atoms with Gasteiger partial charge in [-0.3, -0.25) is 0 Å². The molecule has 14 heavy (non-hydrogen) atoms. The van der Waals surface area contributed by atoms with Crippen LogP contribution in [0.4, 0.5) is 4.39 Å². The second-order valence-corrected chi connectivity index (χ2v) is 5.06. The molecule has 1 atom stereocenters. The van der Waals surface area contributed by atoms with Gasteiger partial charge in [0.1, 0.15) is 0 Å². The Hall–Kier alpha value is -0.280. The highest BCUT2D eigenvalue weighted by Gasteiger charge is 2.12. The topological polar surface area (TPSA) is 9.23 Å². The molecule has 78 valence electrons. The van der Waals surface area contributed by atoms with Crippen molar-refractivity contribution >= 4 is 27.5 Å². The van der Waals surface area contributed by atoms with E-state index in [9.17, 15) is 4.39 Å². The van der Waals surface area contributed by atoms with Crippen molar-refractivity contribution in [3.63, 3.8) is 0 Å². The van der Waals surface area contributed by atoms with E-state index in [-0.39, 0.29) is 10.6 Å². The first-order valence-corrected chi connectivity index (χ1v) is 5.50. The van der Waals surface area contributed by atoms with Crippen LogP contribution in [0.2, 0.25) is 5.02 Å². The first kappa shape index (κ1) is 11.8. The van der Waals surface area contributed by atoms with Crippen LogP contribution in [-0.2, 0) is 6.42 Å². The van der Waals surface area contributed by atoms with E-state index in [2.05, 4.69) is 15.9 Å². The Kier molecular flexibility index (Phi) is 4.20. The molecule has 1 unspecified atom stereocenters. The summed E-state index contributed by atoms with van der Waals surface area (Å²) in [5, 5.41) is 0.395. The molecule has 0 aliphatic heterocycles. The second-order valence-electron chi connectivity index (χ2n) is 3.06. The molecule has 0 fully saturated rings. The van der Waals surface area contributed by atoms with Crippen LogP contribution in [0.15, 0.2) is 12.1 Å².